The van der Waals surface area contributed by atoms with Gasteiger partial charge < -0.3 is 5.32 Å². The van der Waals surface area contributed by atoms with E-state index in [0.717, 1.165) is 6.42 Å². The van der Waals surface area contributed by atoms with Crippen molar-refractivity contribution in [2.24, 2.45) is 0 Å². The van der Waals surface area contributed by atoms with Gasteiger partial charge in [0.15, 0.2) is 0 Å². The van der Waals surface area contributed by atoms with Crippen molar-refractivity contribution >= 4 is 0 Å². The Morgan fingerprint density at radius 1 is 1.26 bits per heavy atom. The molecule has 0 aliphatic carbocycles. The molecular formula is C17H28N2. The van der Waals surface area contributed by atoms with E-state index in [1.807, 2.05) is 0 Å². The molecule has 1 N–H and O–H groups in total. The first-order chi connectivity index (χ1) is 9.28. The number of nitrogens with zero attached hydrogens (tertiary/aromatic N) is 1. The molecule has 1 aromatic carbocycles. The van der Waals surface area contributed by atoms with Crippen LogP contribution in [0.2, 0.25) is 0 Å². The van der Waals surface area contributed by atoms with E-state index in [4.69, 9.17) is 0 Å². The van der Waals surface area contributed by atoms with Crippen molar-refractivity contribution < 1.29 is 0 Å². The van der Waals surface area contributed by atoms with Gasteiger partial charge in [-0.05, 0) is 50.4 Å². The van der Waals surface area contributed by atoms with Gasteiger partial charge in [0.2, 0.25) is 0 Å². The maximum atomic E-state index is 3.44. The van der Waals surface area contributed by atoms with Crippen LogP contribution in [0, 0.1) is 0 Å². The molecule has 2 rings (SSSR count). The van der Waals surface area contributed by atoms with Crippen molar-refractivity contribution in [3.8, 4) is 0 Å². The molecule has 2 heteroatoms. The normalized spacial score (nSPS) is 22.4. The molecule has 0 bridgehead atoms. The molecule has 0 saturated carbocycles. The smallest absolute Gasteiger partial charge is 0.0346 e. The van der Waals surface area contributed by atoms with Crippen LogP contribution in [0.1, 0.15) is 50.3 Å². The van der Waals surface area contributed by atoms with Gasteiger partial charge in [-0.25, -0.2) is 0 Å². The van der Waals surface area contributed by atoms with Crippen molar-refractivity contribution in [2.45, 2.75) is 51.6 Å². The van der Waals surface area contributed by atoms with Gasteiger partial charge in [-0.3, -0.25) is 4.90 Å². The minimum Gasteiger partial charge on any atom is -0.316 e. The topological polar surface area (TPSA) is 15.3 Å². The van der Waals surface area contributed by atoms with Gasteiger partial charge in [0.1, 0.15) is 0 Å². The lowest BCUT2D eigenvalue weighted by Crippen LogP contribution is -2.45. The fraction of sp³-hybridized carbons (Fsp3) is 0.647. The number of likely N-dealkylation sites (tertiary alicyclic amines) is 1. The molecule has 2 unspecified atom stereocenters. The molecule has 0 aromatic heterocycles. The summed E-state index contributed by atoms with van der Waals surface area (Å²) in [4.78, 5) is 2.66. The van der Waals surface area contributed by atoms with Crippen LogP contribution in [-0.2, 0) is 6.42 Å². The predicted octanol–water partition coefficient (Wildman–Crippen LogP) is 3.38. The number of rotatable bonds is 5. The van der Waals surface area contributed by atoms with Crippen molar-refractivity contribution in [1.82, 2.24) is 10.2 Å². The number of nitrogens with one attached hydrogen (secondary N) is 1. The molecule has 19 heavy (non-hydrogen) atoms. The van der Waals surface area contributed by atoms with Gasteiger partial charge in [0.05, 0.1) is 0 Å². The first-order valence-electron chi connectivity index (χ1n) is 7.78. The number of hydrogen-bond donors (Lipinski definition) is 1. The fourth-order valence-corrected chi connectivity index (χ4v) is 3.21. The molecule has 0 spiro atoms. The van der Waals surface area contributed by atoms with Crippen molar-refractivity contribution in [3.05, 3.63) is 35.4 Å². The van der Waals surface area contributed by atoms with Crippen molar-refractivity contribution in [1.29, 1.82) is 0 Å². The number of benzene rings is 1. The van der Waals surface area contributed by atoms with E-state index in [0.29, 0.717) is 12.1 Å². The summed E-state index contributed by atoms with van der Waals surface area (Å²) >= 11 is 0. The summed E-state index contributed by atoms with van der Waals surface area (Å²) < 4.78 is 0. The predicted molar refractivity (Wildman–Crippen MR) is 82.5 cm³/mol. The van der Waals surface area contributed by atoms with Crippen LogP contribution in [0.5, 0.6) is 0 Å². The van der Waals surface area contributed by atoms with Gasteiger partial charge in [0, 0.05) is 18.6 Å². The molecule has 0 radical (unpaired) electrons. The standard InChI is InChI=1S/C17H28N2/c1-4-14-8-10-15(11-9-14)17(5-2)19-12-6-7-16(13-19)18-3/h8-11,16-18H,4-7,12-13H2,1-3H3. The number of likely N-dealkylation sites (N-methyl/N-ethyl adjacent to an activating group) is 1. The van der Waals surface area contributed by atoms with Crippen LogP contribution >= 0.6 is 0 Å². The van der Waals surface area contributed by atoms with Crippen LogP contribution in [0.4, 0.5) is 0 Å². The zero-order valence-corrected chi connectivity index (χ0v) is 12.7. The Bertz CT molecular complexity index is 371. The maximum Gasteiger partial charge on any atom is 0.0346 e. The first-order valence-corrected chi connectivity index (χ1v) is 7.78. The lowest BCUT2D eigenvalue weighted by Gasteiger charge is -2.38. The third-order valence-electron chi connectivity index (χ3n) is 4.46. The Morgan fingerprint density at radius 3 is 2.58 bits per heavy atom. The molecule has 1 aliphatic heterocycles. The van der Waals surface area contributed by atoms with E-state index >= 15 is 0 Å². The van der Waals surface area contributed by atoms with Crippen molar-refractivity contribution in [2.75, 3.05) is 20.1 Å². The van der Waals surface area contributed by atoms with Gasteiger partial charge in [-0.2, -0.15) is 0 Å². The van der Waals surface area contributed by atoms with Crippen LogP contribution in [0.15, 0.2) is 24.3 Å². The summed E-state index contributed by atoms with van der Waals surface area (Å²) in [7, 11) is 2.09. The highest BCUT2D eigenvalue weighted by molar-refractivity contribution is 5.25. The summed E-state index contributed by atoms with van der Waals surface area (Å²) in [5.74, 6) is 0. The van der Waals surface area contributed by atoms with Gasteiger partial charge in [-0.1, -0.05) is 38.1 Å². The average Bonchev–Trinajstić information content (AvgIpc) is 2.49. The van der Waals surface area contributed by atoms with Crippen LogP contribution in [0.25, 0.3) is 0 Å². The largest absolute Gasteiger partial charge is 0.316 e. The second-order valence-electron chi connectivity index (χ2n) is 5.64. The lowest BCUT2D eigenvalue weighted by molar-refractivity contribution is 0.136. The minimum atomic E-state index is 0.585. The Hall–Kier alpha value is -0.860. The molecule has 1 heterocycles. The lowest BCUT2D eigenvalue weighted by atomic mass is 9.97. The quantitative estimate of drug-likeness (QED) is 0.873. The van der Waals surface area contributed by atoms with E-state index < -0.39 is 0 Å². The molecule has 1 aromatic rings. The minimum absolute atomic E-state index is 0.585. The second-order valence-corrected chi connectivity index (χ2v) is 5.64. The van der Waals surface area contributed by atoms with E-state index in [2.05, 4.69) is 55.4 Å². The van der Waals surface area contributed by atoms with E-state index in [-0.39, 0.29) is 0 Å². The molecule has 0 amide bonds. The summed E-state index contributed by atoms with van der Waals surface area (Å²) in [6.45, 7) is 6.95. The summed E-state index contributed by atoms with van der Waals surface area (Å²) in [6, 6.07) is 10.5. The zero-order valence-electron chi connectivity index (χ0n) is 12.7. The fourth-order valence-electron chi connectivity index (χ4n) is 3.21. The molecule has 1 saturated heterocycles. The Morgan fingerprint density at radius 2 is 2.00 bits per heavy atom. The Balaban J connectivity index is 2.09. The highest BCUT2D eigenvalue weighted by Crippen LogP contribution is 2.27. The number of aryl methyl sites for hydroxylation is 1. The van der Waals surface area contributed by atoms with Crippen LogP contribution in [0.3, 0.4) is 0 Å². The molecular weight excluding hydrogens is 232 g/mol. The third-order valence-corrected chi connectivity index (χ3v) is 4.46. The number of piperidine rings is 1. The zero-order chi connectivity index (χ0) is 13.7. The van der Waals surface area contributed by atoms with E-state index in [1.165, 1.54) is 43.5 Å². The highest BCUT2D eigenvalue weighted by atomic mass is 15.2. The molecule has 2 nitrogen and oxygen atoms in total. The second kappa shape index (κ2) is 7.06. The highest BCUT2D eigenvalue weighted by Gasteiger charge is 2.24. The SMILES string of the molecule is CCc1ccc(C(CC)N2CCCC(NC)C2)cc1. The maximum absolute atomic E-state index is 3.44. The molecule has 1 fully saturated rings. The Kier molecular flexibility index (Phi) is 5.41. The first kappa shape index (κ1) is 14.5. The summed E-state index contributed by atoms with van der Waals surface area (Å²) in [5.41, 5.74) is 2.92. The van der Waals surface area contributed by atoms with E-state index in [1.54, 1.807) is 0 Å². The van der Waals surface area contributed by atoms with Crippen molar-refractivity contribution in [3.63, 3.8) is 0 Å². The van der Waals surface area contributed by atoms with Gasteiger partial charge >= 0.3 is 0 Å². The van der Waals surface area contributed by atoms with Gasteiger partial charge in [-0.15, -0.1) is 0 Å². The van der Waals surface area contributed by atoms with Gasteiger partial charge in [0.25, 0.3) is 0 Å². The van der Waals surface area contributed by atoms with Crippen LogP contribution in [-0.4, -0.2) is 31.1 Å². The molecule has 106 valence electrons. The van der Waals surface area contributed by atoms with E-state index in [9.17, 15) is 0 Å². The average molecular weight is 260 g/mol. The monoisotopic (exact) mass is 260 g/mol. The molecule has 2 atom stereocenters. The Labute approximate surface area is 118 Å². The third kappa shape index (κ3) is 3.58. The number of hydrogen-bond acceptors (Lipinski definition) is 2. The summed E-state index contributed by atoms with van der Waals surface area (Å²) in [5, 5.41) is 3.44. The van der Waals surface area contributed by atoms with Crippen LogP contribution < -0.4 is 5.32 Å². The molecule has 1 aliphatic rings. The summed E-state index contributed by atoms with van der Waals surface area (Å²) in [6.07, 6.45) is 4.96.